The summed E-state index contributed by atoms with van der Waals surface area (Å²) < 4.78 is 46.0. The van der Waals surface area contributed by atoms with Crippen LogP contribution in [0, 0.1) is 5.41 Å². The van der Waals surface area contributed by atoms with Crippen molar-refractivity contribution in [1.82, 2.24) is 16.0 Å². The van der Waals surface area contributed by atoms with Gasteiger partial charge < -0.3 is 58.6 Å². The van der Waals surface area contributed by atoms with Gasteiger partial charge in [-0.15, -0.1) is 0 Å². The third kappa shape index (κ3) is 24.1. The van der Waals surface area contributed by atoms with Gasteiger partial charge in [-0.2, -0.15) is 0 Å². The number of alkyl carbamates (subject to hydrolysis) is 3. The minimum atomic E-state index is -1.57. The zero-order chi connectivity index (χ0) is 41.8. The molecular formula is C35H51N3O17. The van der Waals surface area contributed by atoms with Gasteiger partial charge in [-0.1, -0.05) is 26.3 Å². The smallest absolute Gasteiger partial charge is 0.407 e. The highest BCUT2D eigenvalue weighted by Gasteiger charge is 2.37. The lowest BCUT2D eigenvalue weighted by atomic mass is 9.92. The summed E-state index contributed by atoms with van der Waals surface area (Å²) in [5, 5.41) is 7.11. The lowest BCUT2D eigenvalue weighted by molar-refractivity contribution is -0.145. The van der Waals surface area contributed by atoms with Crippen LogP contribution in [0.1, 0.15) is 33.6 Å². The maximum absolute atomic E-state index is 12.6. The van der Waals surface area contributed by atoms with Gasteiger partial charge in [0, 0.05) is 29.7 Å². The number of methoxy groups -OCH3 is 1. The molecule has 308 valence electrons. The number of amides is 3. The highest BCUT2D eigenvalue weighted by molar-refractivity contribution is 5.88. The summed E-state index contributed by atoms with van der Waals surface area (Å²) in [5.41, 5.74) is -1.17. The van der Waals surface area contributed by atoms with E-state index in [1.807, 2.05) is 0 Å². The molecule has 20 heteroatoms. The molecule has 0 spiro atoms. The number of carbonyl (C=O) groups is 8. The van der Waals surface area contributed by atoms with Crippen molar-refractivity contribution in [2.45, 2.75) is 33.6 Å². The molecule has 0 atom stereocenters. The second kappa shape index (κ2) is 27.7. The van der Waals surface area contributed by atoms with Crippen molar-refractivity contribution >= 4 is 48.1 Å². The van der Waals surface area contributed by atoms with Crippen molar-refractivity contribution in [2.24, 2.45) is 5.41 Å². The van der Waals surface area contributed by atoms with Crippen LogP contribution >= 0.6 is 0 Å². The number of rotatable bonds is 27. The van der Waals surface area contributed by atoms with E-state index in [1.165, 1.54) is 20.8 Å². The van der Waals surface area contributed by atoms with Crippen LogP contribution in [0.4, 0.5) is 14.4 Å². The molecule has 0 aliphatic heterocycles. The van der Waals surface area contributed by atoms with Crippen molar-refractivity contribution in [2.75, 3.05) is 86.2 Å². The number of nitrogens with one attached hydrogen (secondary N) is 3. The third-order valence-electron chi connectivity index (χ3n) is 6.35. The SMILES string of the molecule is C=C(C)C(=O)OCCNC(=O)OCC(COCCCC(=O)OCC(=C)C(=O)OC)(COC(=O)NCCOC(=O)C(=C)C)COC(=O)NCCOC(=O)C(=C)C. The van der Waals surface area contributed by atoms with E-state index in [1.54, 1.807) is 0 Å². The van der Waals surface area contributed by atoms with E-state index in [0.717, 1.165) is 7.11 Å². The van der Waals surface area contributed by atoms with Gasteiger partial charge in [-0.25, -0.2) is 33.6 Å². The molecule has 0 heterocycles. The van der Waals surface area contributed by atoms with Crippen LogP contribution < -0.4 is 16.0 Å². The Labute approximate surface area is 318 Å². The molecule has 0 saturated heterocycles. The predicted octanol–water partition coefficient (Wildman–Crippen LogP) is 1.58. The van der Waals surface area contributed by atoms with Crippen LogP contribution in [0.3, 0.4) is 0 Å². The van der Waals surface area contributed by atoms with E-state index >= 15 is 0 Å². The Bertz CT molecular complexity index is 1290. The molecule has 0 aromatic heterocycles. The molecule has 0 aromatic rings. The van der Waals surface area contributed by atoms with E-state index < -0.39 is 73.4 Å². The fourth-order valence-electron chi connectivity index (χ4n) is 3.37. The predicted molar refractivity (Wildman–Crippen MR) is 190 cm³/mol. The average Bonchev–Trinajstić information content (AvgIpc) is 3.14. The molecule has 0 radical (unpaired) electrons. The summed E-state index contributed by atoms with van der Waals surface area (Å²) >= 11 is 0. The van der Waals surface area contributed by atoms with Gasteiger partial charge in [0.2, 0.25) is 0 Å². The molecule has 0 aromatic carbocycles. The molecule has 0 unspecified atom stereocenters. The van der Waals surface area contributed by atoms with Crippen molar-refractivity contribution in [3.63, 3.8) is 0 Å². The fourth-order valence-corrected chi connectivity index (χ4v) is 3.37. The summed E-state index contributed by atoms with van der Waals surface area (Å²) in [7, 11) is 1.15. The van der Waals surface area contributed by atoms with Gasteiger partial charge >= 0.3 is 48.1 Å². The Kier molecular flexibility index (Phi) is 24.7. The summed E-state index contributed by atoms with van der Waals surface area (Å²) in [5.74, 6) is -3.41. The Morgan fingerprint density at radius 2 is 0.891 bits per heavy atom. The van der Waals surface area contributed by atoms with E-state index in [9.17, 15) is 38.4 Å². The first-order valence-corrected chi connectivity index (χ1v) is 16.6. The Morgan fingerprint density at radius 1 is 0.509 bits per heavy atom. The van der Waals surface area contributed by atoms with Gasteiger partial charge in [-0.05, 0) is 27.2 Å². The minimum Gasteiger partial charge on any atom is -0.466 e. The standard InChI is InChI=1S/C35H51N3O17/c1-23(2)28(40)49-15-11-36-32(44)53-20-35(21-54-33(45)37-12-16-50-29(41)24(3)4,22-55-34(46)38-13-17-51-30(42)25(5)6)19-48-14-9-10-27(39)52-18-26(7)31(43)47-8/h1,3,5,7,9-22H2,2,4,6,8H3,(H,36,44)(H,37,45)(H,38,46). The molecule has 55 heavy (non-hydrogen) atoms. The number of ether oxygens (including phenoxy) is 9. The maximum atomic E-state index is 12.6. The molecule has 0 rings (SSSR count). The molecule has 20 nitrogen and oxygen atoms in total. The summed E-state index contributed by atoms with van der Waals surface area (Å²) in [4.78, 5) is 96.0. The van der Waals surface area contributed by atoms with E-state index in [-0.39, 0.29) is 94.4 Å². The van der Waals surface area contributed by atoms with Gasteiger partial charge in [0.05, 0.1) is 44.3 Å². The van der Waals surface area contributed by atoms with Crippen LogP contribution in [-0.4, -0.2) is 134 Å². The number of hydrogen-bond acceptors (Lipinski definition) is 17. The lowest BCUT2D eigenvalue weighted by Crippen LogP contribution is -2.46. The second-order valence-corrected chi connectivity index (χ2v) is 11.7. The Morgan fingerprint density at radius 3 is 1.24 bits per heavy atom. The van der Waals surface area contributed by atoms with Crippen molar-refractivity contribution in [3.05, 3.63) is 48.6 Å². The first-order valence-electron chi connectivity index (χ1n) is 16.6. The van der Waals surface area contributed by atoms with Crippen molar-refractivity contribution in [1.29, 1.82) is 0 Å². The number of esters is 5. The van der Waals surface area contributed by atoms with Crippen LogP contribution in [0.15, 0.2) is 48.6 Å². The molecule has 0 saturated carbocycles. The normalized spacial score (nSPS) is 10.3. The molecule has 3 N–H and O–H groups in total. The monoisotopic (exact) mass is 785 g/mol. The fraction of sp³-hybridized carbons (Fsp3) is 0.543. The second-order valence-electron chi connectivity index (χ2n) is 11.7. The number of carbonyl (C=O) groups excluding carboxylic acids is 8. The highest BCUT2D eigenvalue weighted by Crippen LogP contribution is 2.22. The zero-order valence-corrected chi connectivity index (χ0v) is 31.7. The molecular weight excluding hydrogens is 734 g/mol. The lowest BCUT2D eigenvalue weighted by Gasteiger charge is -2.32. The zero-order valence-electron chi connectivity index (χ0n) is 31.7. The van der Waals surface area contributed by atoms with Gasteiger partial charge in [-0.3, -0.25) is 4.79 Å². The molecule has 0 aliphatic carbocycles. The topological polar surface area (TPSA) is 256 Å². The molecule has 3 amide bonds. The van der Waals surface area contributed by atoms with Crippen molar-refractivity contribution < 1.29 is 81.0 Å². The third-order valence-corrected chi connectivity index (χ3v) is 6.35. The van der Waals surface area contributed by atoms with Crippen molar-refractivity contribution in [3.8, 4) is 0 Å². The number of hydrogen-bond donors (Lipinski definition) is 3. The van der Waals surface area contributed by atoms with Gasteiger partial charge in [0.15, 0.2) is 0 Å². The Balaban J connectivity index is 5.74. The van der Waals surface area contributed by atoms with Gasteiger partial charge in [0.1, 0.15) is 46.2 Å². The summed E-state index contributed by atoms with van der Waals surface area (Å²) in [6.07, 6.45) is -2.99. The van der Waals surface area contributed by atoms with E-state index in [2.05, 4.69) is 47.0 Å². The van der Waals surface area contributed by atoms with Crippen LogP contribution in [-0.2, 0) is 66.6 Å². The first-order chi connectivity index (χ1) is 25.9. The Hall–Kier alpha value is -5.92. The molecule has 0 bridgehead atoms. The van der Waals surface area contributed by atoms with Crippen LogP contribution in [0.25, 0.3) is 0 Å². The molecule has 0 fully saturated rings. The first kappa shape index (κ1) is 49.1. The quantitative estimate of drug-likeness (QED) is 0.0462. The van der Waals surface area contributed by atoms with Crippen LogP contribution in [0.5, 0.6) is 0 Å². The largest absolute Gasteiger partial charge is 0.466 e. The minimum absolute atomic E-state index is 0.0670. The summed E-state index contributed by atoms with van der Waals surface area (Å²) in [6, 6.07) is 0. The van der Waals surface area contributed by atoms with Crippen LogP contribution in [0.2, 0.25) is 0 Å². The highest BCUT2D eigenvalue weighted by atomic mass is 16.6. The van der Waals surface area contributed by atoms with E-state index in [4.69, 9.17) is 37.9 Å². The average molecular weight is 786 g/mol. The summed E-state index contributed by atoms with van der Waals surface area (Å²) in [6.45, 7) is 14.6. The molecule has 0 aliphatic rings. The van der Waals surface area contributed by atoms with Gasteiger partial charge in [0.25, 0.3) is 0 Å². The maximum Gasteiger partial charge on any atom is 0.407 e. The van der Waals surface area contributed by atoms with E-state index in [0.29, 0.717) is 0 Å².